The quantitative estimate of drug-likeness (QED) is 0.167. The molecule has 0 aliphatic heterocycles. The number of nitrogens with zero attached hydrogens (tertiary/aromatic N) is 3. The second-order valence-corrected chi connectivity index (χ2v) is 15.3. The average Bonchev–Trinajstić information content (AvgIpc) is 3.73. The highest BCUT2D eigenvalue weighted by Gasteiger charge is 2.17. The van der Waals surface area contributed by atoms with Crippen LogP contribution in [0.4, 0.5) is 0 Å². The Bertz CT molecular complexity index is 3280. The minimum atomic E-state index is 0.616. The molecule has 2 heterocycles. The highest BCUT2D eigenvalue weighted by Crippen LogP contribution is 2.39. The zero-order valence-electron chi connectivity index (χ0n) is 33.2. The van der Waals surface area contributed by atoms with Crippen molar-refractivity contribution in [2.24, 2.45) is 0 Å². The lowest BCUT2D eigenvalue weighted by Crippen LogP contribution is -2.00. The summed E-state index contributed by atoms with van der Waals surface area (Å²) in [6, 6.07) is 79.0. The number of nitrogens with one attached hydrogen (secondary N) is 1. The molecule has 0 aliphatic carbocycles. The molecule has 0 amide bonds. The predicted octanol–water partition coefficient (Wildman–Crippen LogP) is 14.8. The third kappa shape index (κ3) is 7.07. The summed E-state index contributed by atoms with van der Waals surface area (Å²) in [5, 5.41) is 2.38. The van der Waals surface area contributed by atoms with Crippen LogP contribution in [-0.4, -0.2) is 19.9 Å². The van der Waals surface area contributed by atoms with Gasteiger partial charge in [0.2, 0.25) is 0 Å². The molecule has 11 rings (SSSR count). The lowest BCUT2D eigenvalue weighted by Gasteiger charge is -2.13. The molecule has 2 aromatic heterocycles. The predicted molar refractivity (Wildman–Crippen MR) is 253 cm³/mol. The molecule has 4 nitrogen and oxygen atoms in total. The maximum atomic E-state index is 5.22. The third-order valence-electron chi connectivity index (χ3n) is 11.4. The summed E-state index contributed by atoms with van der Waals surface area (Å²) < 4.78 is 0. The third-order valence-corrected chi connectivity index (χ3v) is 11.4. The van der Waals surface area contributed by atoms with Crippen molar-refractivity contribution in [1.29, 1.82) is 0 Å². The zero-order chi connectivity index (χ0) is 40.5. The van der Waals surface area contributed by atoms with E-state index in [1.54, 1.807) is 0 Å². The van der Waals surface area contributed by atoms with Crippen LogP contribution in [-0.2, 0) is 0 Å². The Hall–Kier alpha value is -8.21. The van der Waals surface area contributed by atoms with Crippen molar-refractivity contribution in [2.45, 2.75) is 0 Å². The number of H-pyrrole nitrogens is 1. The van der Waals surface area contributed by atoms with Crippen molar-refractivity contribution >= 4 is 21.8 Å². The molecular weight excluding hydrogens is 741 g/mol. The molecule has 11 aromatic rings. The van der Waals surface area contributed by atoms with E-state index in [1.807, 2.05) is 18.2 Å². The summed E-state index contributed by atoms with van der Waals surface area (Å²) in [5.41, 5.74) is 16.5. The normalized spacial score (nSPS) is 11.3. The first-order valence-corrected chi connectivity index (χ1v) is 20.6. The van der Waals surface area contributed by atoms with Crippen LogP contribution in [0.5, 0.6) is 0 Å². The van der Waals surface area contributed by atoms with Crippen molar-refractivity contribution in [2.75, 3.05) is 0 Å². The Kier molecular flexibility index (Phi) is 9.14. The van der Waals surface area contributed by atoms with Crippen LogP contribution in [0.1, 0.15) is 0 Å². The van der Waals surface area contributed by atoms with Crippen molar-refractivity contribution in [3.05, 3.63) is 224 Å². The summed E-state index contributed by atoms with van der Waals surface area (Å²) in [4.78, 5) is 19.1. The van der Waals surface area contributed by atoms with E-state index in [-0.39, 0.29) is 0 Å². The Morgan fingerprint density at radius 1 is 0.246 bits per heavy atom. The Balaban J connectivity index is 1.03. The monoisotopic (exact) mass is 778 g/mol. The van der Waals surface area contributed by atoms with Crippen LogP contribution in [0.2, 0.25) is 0 Å². The number of aromatic nitrogens is 4. The van der Waals surface area contributed by atoms with E-state index >= 15 is 0 Å². The number of benzene rings is 9. The summed E-state index contributed by atoms with van der Waals surface area (Å²) in [6.07, 6.45) is 0. The van der Waals surface area contributed by atoms with Gasteiger partial charge in [-0.2, -0.15) is 0 Å². The van der Waals surface area contributed by atoms with Gasteiger partial charge in [-0.15, -0.1) is 0 Å². The van der Waals surface area contributed by atoms with Crippen LogP contribution >= 0.6 is 0 Å². The van der Waals surface area contributed by atoms with Gasteiger partial charge in [0.25, 0.3) is 0 Å². The largest absolute Gasteiger partial charge is 0.354 e. The molecule has 0 atom stereocenters. The summed E-state index contributed by atoms with van der Waals surface area (Å²) in [7, 11) is 0. The van der Waals surface area contributed by atoms with E-state index in [9.17, 15) is 0 Å². The highest BCUT2D eigenvalue weighted by molar-refractivity contribution is 6.15. The van der Waals surface area contributed by atoms with E-state index in [1.165, 1.54) is 33.0 Å². The molecule has 61 heavy (non-hydrogen) atoms. The van der Waals surface area contributed by atoms with Crippen LogP contribution in [0.25, 0.3) is 112 Å². The van der Waals surface area contributed by atoms with Gasteiger partial charge in [0, 0.05) is 38.5 Å². The molecule has 9 aromatic carbocycles. The molecule has 286 valence electrons. The minimum Gasteiger partial charge on any atom is -0.354 e. The molecule has 0 fully saturated rings. The van der Waals surface area contributed by atoms with Crippen molar-refractivity contribution in [3.8, 4) is 89.8 Å². The van der Waals surface area contributed by atoms with Crippen molar-refractivity contribution in [1.82, 2.24) is 19.9 Å². The number of hydrogen-bond donors (Lipinski definition) is 1. The Morgan fingerprint density at radius 2 is 0.639 bits per heavy atom. The lowest BCUT2D eigenvalue weighted by atomic mass is 9.93. The van der Waals surface area contributed by atoms with Crippen molar-refractivity contribution < 1.29 is 0 Å². The van der Waals surface area contributed by atoms with E-state index < -0.39 is 0 Å². The van der Waals surface area contributed by atoms with E-state index in [4.69, 9.17) is 15.0 Å². The fourth-order valence-electron chi connectivity index (χ4n) is 8.41. The van der Waals surface area contributed by atoms with Crippen LogP contribution < -0.4 is 0 Å². The van der Waals surface area contributed by atoms with Gasteiger partial charge < -0.3 is 4.98 Å². The van der Waals surface area contributed by atoms with Gasteiger partial charge in [-0.25, -0.2) is 15.0 Å². The topological polar surface area (TPSA) is 54.5 Å². The summed E-state index contributed by atoms with van der Waals surface area (Å²) >= 11 is 0. The first-order valence-electron chi connectivity index (χ1n) is 20.6. The van der Waals surface area contributed by atoms with Crippen LogP contribution in [0.15, 0.2) is 224 Å². The second kappa shape index (κ2) is 15.5. The molecule has 1 N–H and O–H groups in total. The van der Waals surface area contributed by atoms with Crippen LogP contribution in [0.3, 0.4) is 0 Å². The maximum Gasteiger partial charge on any atom is 0.164 e. The summed E-state index contributed by atoms with van der Waals surface area (Å²) in [6.45, 7) is 0. The van der Waals surface area contributed by atoms with Gasteiger partial charge in [-0.05, 0) is 104 Å². The first-order chi connectivity index (χ1) is 30.2. The standard InChI is InChI=1S/C57H38N4/c1-5-16-38(17-6-1)43-30-31-52-51(37-43)54-50(28-15-29-53(54)58-52)44-25-14-27-46(33-44)57-60-55(41-22-11-4-12-23-41)59-56(61-57)45-26-13-24-42(32-45)49-35-47(39-18-7-2-8-19-39)34-48(36-49)40-20-9-3-10-21-40/h1-37,58H. The van der Waals surface area contributed by atoms with Crippen LogP contribution in [0, 0.1) is 0 Å². The molecule has 4 heteroatoms. The number of fused-ring (bicyclic) bond motifs is 3. The molecule has 0 saturated heterocycles. The van der Waals surface area contributed by atoms with Crippen molar-refractivity contribution in [3.63, 3.8) is 0 Å². The Morgan fingerprint density at radius 3 is 1.21 bits per heavy atom. The number of aromatic amines is 1. The maximum absolute atomic E-state index is 5.22. The molecule has 0 saturated carbocycles. The summed E-state index contributed by atoms with van der Waals surface area (Å²) in [5.74, 6) is 1.86. The zero-order valence-corrected chi connectivity index (χ0v) is 33.2. The average molecular weight is 779 g/mol. The minimum absolute atomic E-state index is 0.616. The fourth-order valence-corrected chi connectivity index (χ4v) is 8.41. The Labute approximate surface area is 354 Å². The molecule has 0 spiro atoms. The lowest BCUT2D eigenvalue weighted by molar-refractivity contribution is 1.07. The first kappa shape index (κ1) is 35.9. The van der Waals surface area contributed by atoms with E-state index in [0.29, 0.717) is 17.5 Å². The molecular formula is C57H38N4. The number of rotatable bonds is 8. The molecule has 0 unspecified atom stereocenters. The van der Waals surface area contributed by atoms with Gasteiger partial charge in [0.05, 0.1) is 0 Å². The fraction of sp³-hybridized carbons (Fsp3) is 0. The smallest absolute Gasteiger partial charge is 0.164 e. The van der Waals surface area contributed by atoms with Gasteiger partial charge in [0.1, 0.15) is 0 Å². The highest BCUT2D eigenvalue weighted by atomic mass is 15.0. The SMILES string of the molecule is c1ccc(-c2cc(-c3ccccc3)cc(-c3cccc(-c4nc(-c5ccccc5)nc(-c5cccc(-c6cccc7[nH]c8ccc(-c9ccccc9)cc8c67)c5)n4)c3)c2)cc1. The molecule has 0 radical (unpaired) electrons. The molecule has 0 bridgehead atoms. The van der Waals surface area contributed by atoms with Gasteiger partial charge in [0.15, 0.2) is 17.5 Å². The number of hydrogen-bond acceptors (Lipinski definition) is 3. The van der Waals surface area contributed by atoms with E-state index in [0.717, 1.165) is 61.1 Å². The second-order valence-electron chi connectivity index (χ2n) is 15.3. The van der Waals surface area contributed by atoms with Gasteiger partial charge in [-0.3, -0.25) is 0 Å². The van der Waals surface area contributed by atoms with Gasteiger partial charge in [-0.1, -0.05) is 176 Å². The molecule has 0 aliphatic rings. The van der Waals surface area contributed by atoms with E-state index in [2.05, 4.69) is 211 Å². The van der Waals surface area contributed by atoms with Gasteiger partial charge >= 0.3 is 0 Å².